The lowest BCUT2D eigenvalue weighted by molar-refractivity contribution is 0.715. The Kier molecular flexibility index (Phi) is 3.94. The minimum Gasteiger partial charge on any atom is -0.354 e. The molecule has 0 aliphatic carbocycles. The van der Waals surface area contributed by atoms with Gasteiger partial charge >= 0.3 is 0 Å². The molecule has 0 aliphatic heterocycles. The van der Waals surface area contributed by atoms with Crippen molar-refractivity contribution < 1.29 is 0 Å². The van der Waals surface area contributed by atoms with Gasteiger partial charge in [-0.3, -0.25) is 9.67 Å². The maximum atomic E-state index is 5.92. The molecule has 1 N–H and O–H groups in total. The molecule has 0 saturated carbocycles. The summed E-state index contributed by atoms with van der Waals surface area (Å²) in [4.78, 5) is 0. The molecule has 0 saturated heterocycles. The van der Waals surface area contributed by atoms with Crippen LogP contribution in [0.15, 0.2) is 42.6 Å². The summed E-state index contributed by atoms with van der Waals surface area (Å²) in [6.45, 7) is 0.687. The van der Waals surface area contributed by atoms with E-state index in [0.29, 0.717) is 11.3 Å². The van der Waals surface area contributed by atoms with E-state index >= 15 is 0 Å². The van der Waals surface area contributed by atoms with Crippen LogP contribution >= 0.6 is 23.8 Å². The summed E-state index contributed by atoms with van der Waals surface area (Å²) in [5.41, 5.74) is 2.34. The van der Waals surface area contributed by atoms with Crippen LogP contribution in [0.4, 0.5) is 0 Å². The Morgan fingerprint density at radius 3 is 2.67 bits per heavy atom. The van der Waals surface area contributed by atoms with Crippen LogP contribution in [0.2, 0.25) is 5.02 Å². The van der Waals surface area contributed by atoms with E-state index in [9.17, 15) is 0 Å². The van der Waals surface area contributed by atoms with Gasteiger partial charge in [-0.2, -0.15) is 5.10 Å². The number of halogens is 1. The van der Waals surface area contributed by atoms with Crippen molar-refractivity contribution in [3.63, 3.8) is 0 Å². The molecule has 0 atom stereocenters. The molecule has 0 amide bonds. The summed E-state index contributed by atoms with van der Waals surface area (Å²) in [6.07, 6.45) is 2.77. The fourth-order valence-corrected chi connectivity index (χ4v) is 2.60. The molecule has 0 aliphatic rings. The molecule has 0 fully saturated rings. The fourth-order valence-electron chi connectivity index (χ4n) is 2.26. The van der Waals surface area contributed by atoms with Gasteiger partial charge in [-0.1, -0.05) is 23.7 Å². The molecule has 21 heavy (non-hydrogen) atoms. The number of aromatic amines is 1. The minimum absolute atomic E-state index is 0.633. The van der Waals surface area contributed by atoms with E-state index in [2.05, 4.69) is 20.8 Å². The summed E-state index contributed by atoms with van der Waals surface area (Å²) in [5.74, 6) is 0.928. The highest BCUT2D eigenvalue weighted by Crippen LogP contribution is 2.13. The van der Waals surface area contributed by atoms with Gasteiger partial charge in [-0.25, -0.2) is 0 Å². The Bertz CT molecular complexity index is 798. The first-order valence-electron chi connectivity index (χ1n) is 6.62. The van der Waals surface area contributed by atoms with Gasteiger partial charge in [0.25, 0.3) is 0 Å². The second-order valence-electron chi connectivity index (χ2n) is 4.94. The van der Waals surface area contributed by atoms with Crippen molar-refractivity contribution in [2.75, 3.05) is 0 Å². The first-order chi connectivity index (χ1) is 10.1. The second kappa shape index (κ2) is 5.87. The van der Waals surface area contributed by atoms with Gasteiger partial charge in [0.05, 0.1) is 6.54 Å². The average Bonchev–Trinajstić information content (AvgIpc) is 3.02. The molecule has 3 aromatic rings. The van der Waals surface area contributed by atoms with Crippen molar-refractivity contribution in [1.29, 1.82) is 0 Å². The van der Waals surface area contributed by atoms with Crippen LogP contribution < -0.4 is 0 Å². The predicted molar refractivity (Wildman–Crippen MR) is 86.2 cm³/mol. The first-order valence-corrected chi connectivity index (χ1v) is 7.41. The third kappa shape index (κ3) is 3.09. The molecule has 1 aromatic carbocycles. The third-order valence-corrected chi connectivity index (χ3v) is 4.05. The molecule has 2 heterocycles. The van der Waals surface area contributed by atoms with E-state index < -0.39 is 0 Å². The standard InChI is InChI=1S/C15H15ClN4S/c1-19-8-2-3-13(19)9-14-17-18-15(21)20(14)10-11-4-6-12(16)7-5-11/h2-8H,9-10H2,1H3,(H,18,21). The van der Waals surface area contributed by atoms with Crippen LogP contribution in [0.3, 0.4) is 0 Å². The summed E-state index contributed by atoms with van der Waals surface area (Å²) < 4.78 is 4.74. The third-order valence-electron chi connectivity index (χ3n) is 3.48. The first kappa shape index (κ1) is 14.1. The van der Waals surface area contributed by atoms with Crippen LogP contribution in [0.25, 0.3) is 0 Å². The Morgan fingerprint density at radius 2 is 2.00 bits per heavy atom. The van der Waals surface area contributed by atoms with E-state index in [4.69, 9.17) is 23.8 Å². The predicted octanol–water partition coefficient (Wildman–Crippen LogP) is 3.57. The van der Waals surface area contributed by atoms with Crippen LogP contribution in [-0.2, 0) is 20.0 Å². The van der Waals surface area contributed by atoms with E-state index in [1.807, 2.05) is 48.1 Å². The summed E-state index contributed by atoms with van der Waals surface area (Å²) in [5, 5.41) is 7.97. The Labute approximate surface area is 133 Å². The summed E-state index contributed by atoms with van der Waals surface area (Å²) in [6, 6.07) is 11.9. The van der Waals surface area contributed by atoms with Crippen LogP contribution in [0.1, 0.15) is 17.1 Å². The quantitative estimate of drug-likeness (QED) is 0.747. The molecule has 108 valence electrons. The fraction of sp³-hybridized carbons (Fsp3) is 0.200. The van der Waals surface area contributed by atoms with E-state index in [1.54, 1.807) is 0 Å². The zero-order chi connectivity index (χ0) is 14.8. The van der Waals surface area contributed by atoms with E-state index in [1.165, 1.54) is 5.69 Å². The second-order valence-corrected chi connectivity index (χ2v) is 5.77. The Morgan fingerprint density at radius 1 is 1.24 bits per heavy atom. The van der Waals surface area contributed by atoms with Gasteiger partial charge in [-0.15, -0.1) is 0 Å². The topological polar surface area (TPSA) is 38.5 Å². The van der Waals surface area contributed by atoms with Crippen molar-refractivity contribution >= 4 is 23.8 Å². The number of hydrogen-bond donors (Lipinski definition) is 1. The number of nitrogens with one attached hydrogen (secondary N) is 1. The van der Waals surface area contributed by atoms with Crippen LogP contribution in [0, 0.1) is 4.77 Å². The lowest BCUT2D eigenvalue weighted by atomic mass is 10.2. The number of aryl methyl sites for hydroxylation is 1. The average molecular weight is 319 g/mol. The normalized spacial score (nSPS) is 11.0. The number of rotatable bonds is 4. The molecular weight excluding hydrogens is 304 g/mol. The molecule has 4 nitrogen and oxygen atoms in total. The van der Waals surface area contributed by atoms with Crippen molar-refractivity contribution in [2.24, 2.45) is 7.05 Å². The molecule has 0 radical (unpaired) electrons. The highest BCUT2D eigenvalue weighted by atomic mass is 35.5. The number of aromatic nitrogens is 4. The van der Waals surface area contributed by atoms with Crippen molar-refractivity contribution in [3.05, 3.63) is 69.5 Å². The van der Waals surface area contributed by atoms with E-state index in [-0.39, 0.29) is 0 Å². The molecule has 0 spiro atoms. The molecule has 0 bridgehead atoms. The van der Waals surface area contributed by atoms with Crippen LogP contribution in [-0.4, -0.2) is 19.3 Å². The zero-order valence-corrected chi connectivity index (χ0v) is 13.2. The van der Waals surface area contributed by atoms with Gasteiger partial charge in [0.2, 0.25) is 0 Å². The van der Waals surface area contributed by atoms with Gasteiger partial charge < -0.3 is 4.57 Å². The summed E-state index contributed by atoms with van der Waals surface area (Å²) >= 11 is 11.3. The molecule has 2 aromatic heterocycles. The minimum atomic E-state index is 0.633. The number of nitrogens with zero attached hydrogens (tertiary/aromatic N) is 3. The van der Waals surface area contributed by atoms with Crippen molar-refractivity contribution in [3.8, 4) is 0 Å². The monoisotopic (exact) mass is 318 g/mol. The largest absolute Gasteiger partial charge is 0.354 e. The highest BCUT2D eigenvalue weighted by Gasteiger charge is 2.09. The van der Waals surface area contributed by atoms with Crippen molar-refractivity contribution in [2.45, 2.75) is 13.0 Å². The Balaban J connectivity index is 1.88. The number of benzene rings is 1. The van der Waals surface area contributed by atoms with Crippen molar-refractivity contribution in [1.82, 2.24) is 19.3 Å². The van der Waals surface area contributed by atoms with Gasteiger partial charge in [-0.05, 0) is 42.0 Å². The Hall–Kier alpha value is -1.85. The van der Waals surface area contributed by atoms with Gasteiger partial charge in [0.1, 0.15) is 5.82 Å². The van der Waals surface area contributed by atoms with E-state index in [0.717, 1.165) is 22.8 Å². The summed E-state index contributed by atoms with van der Waals surface area (Å²) in [7, 11) is 2.03. The number of H-pyrrole nitrogens is 1. The van der Waals surface area contributed by atoms with Crippen LogP contribution in [0.5, 0.6) is 0 Å². The molecule has 6 heteroatoms. The SMILES string of the molecule is Cn1cccc1Cc1n[nH]c(=S)n1Cc1ccc(Cl)cc1. The smallest absolute Gasteiger partial charge is 0.195 e. The number of hydrogen-bond acceptors (Lipinski definition) is 2. The zero-order valence-electron chi connectivity index (χ0n) is 11.6. The maximum Gasteiger partial charge on any atom is 0.195 e. The lowest BCUT2D eigenvalue weighted by Gasteiger charge is -2.08. The highest BCUT2D eigenvalue weighted by molar-refractivity contribution is 7.71. The molecule has 3 rings (SSSR count). The molecular formula is C15H15ClN4S. The molecule has 0 unspecified atom stereocenters. The lowest BCUT2D eigenvalue weighted by Crippen LogP contribution is -2.08. The van der Waals surface area contributed by atoms with Gasteiger partial charge in [0.15, 0.2) is 4.77 Å². The van der Waals surface area contributed by atoms with Gasteiger partial charge in [0, 0.05) is 30.4 Å². The maximum absolute atomic E-state index is 5.92.